The van der Waals surface area contributed by atoms with Crippen molar-refractivity contribution in [1.82, 2.24) is 10.1 Å². The molecule has 6 heteroatoms. The largest absolute Gasteiger partial charge is 0.497 e. The van der Waals surface area contributed by atoms with Crippen molar-refractivity contribution in [3.05, 3.63) is 65.5 Å². The summed E-state index contributed by atoms with van der Waals surface area (Å²) in [6.07, 6.45) is 0. The smallest absolute Gasteiger partial charge is 0.338 e. The summed E-state index contributed by atoms with van der Waals surface area (Å²) in [5.74, 6) is 0.929. The molecule has 122 valence electrons. The van der Waals surface area contributed by atoms with Crippen molar-refractivity contribution in [1.29, 1.82) is 0 Å². The van der Waals surface area contributed by atoms with Gasteiger partial charge in [-0.1, -0.05) is 29.4 Å². The van der Waals surface area contributed by atoms with E-state index in [4.69, 9.17) is 14.0 Å². The topological polar surface area (TPSA) is 74.5 Å². The molecule has 0 aliphatic carbocycles. The molecule has 0 amide bonds. The Kier molecular flexibility index (Phi) is 4.56. The molecule has 0 unspecified atom stereocenters. The van der Waals surface area contributed by atoms with E-state index in [1.54, 1.807) is 31.4 Å². The van der Waals surface area contributed by atoms with Gasteiger partial charge in [-0.25, -0.2) is 4.79 Å². The predicted molar refractivity (Wildman–Crippen MR) is 86.6 cm³/mol. The van der Waals surface area contributed by atoms with Crippen LogP contribution in [0.2, 0.25) is 0 Å². The van der Waals surface area contributed by atoms with Gasteiger partial charge in [0.05, 0.1) is 12.7 Å². The number of nitrogens with zero attached hydrogens (tertiary/aromatic N) is 2. The molecule has 3 rings (SSSR count). The lowest BCUT2D eigenvalue weighted by molar-refractivity contribution is 0.0430. The van der Waals surface area contributed by atoms with Gasteiger partial charge in [0.25, 0.3) is 5.89 Å². The Hall–Kier alpha value is -3.15. The number of ether oxygens (including phenoxy) is 2. The molecule has 3 aromatic rings. The van der Waals surface area contributed by atoms with Crippen molar-refractivity contribution in [2.24, 2.45) is 0 Å². The second kappa shape index (κ2) is 6.95. The van der Waals surface area contributed by atoms with Crippen molar-refractivity contribution in [2.45, 2.75) is 13.5 Å². The van der Waals surface area contributed by atoms with Crippen LogP contribution in [0.3, 0.4) is 0 Å². The summed E-state index contributed by atoms with van der Waals surface area (Å²) in [5.41, 5.74) is 2.35. The first kappa shape index (κ1) is 15.7. The van der Waals surface area contributed by atoms with Crippen molar-refractivity contribution < 1.29 is 18.8 Å². The maximum atomic E-state index is 12.0. The van der Waals surface area contributed by atoms with E-state index in [1.807, 2.05) is 31.2 Å². The molecule has 0 aliphatic heterocycles. The van der Waals surface area contributed by atoms with E-state index in [0.29, 0.717) is 17.1 Å². The molecule has 0 spiro atoms. The molecular weight excluding hydrogens is 308 g/mol. The van der Waals surface area contributed by atoms with Crippen LogP contribution in [0.4, 0.5) is 0 Å². The van der Waals surface area contributed by atoms with E-state index in [9.17, 15) is 4.79 Å². The van der Waals surface area contributed by atoms with Crippen LogP contribution in [0, 0.1) is 6.92 Å². The predicted octanol–water partition coefficient (Wildman–Crippen LogP) is 3.41. The van der Waals surface area contributed by atoms with Crippen molar-refractivity contribution in [3.8, 4) is 17.1 Å². The number of hydrogen-bond donors (Lipinski definition) is 0. The highest BCUT2D eigenvalue weighted by Crippen LogP contribution is 2.20. The number of esters is 1. The normalized spacial score (nSPS) is 10.4. The second-order valence-electron chi connectivity index (χ2n) is 5.13. The number of carbonyl (C=O) groups excluding carboxylic acids is 1. The first-order chi connectivity index (χ1) is 11.7. The van der Waals surface area contributed by atoms with Gasteiger partial charge in [0.2, 0.25) is 5.82 Å². The van der Waals surface area contributed by atoms with Crippen LogP contribution in [-0.4, -0.2) is 23.2 Å². The Bertz CT molecular complexity index is 840. The Morgan fingerprint density at radius 3 is 2.58 bits per heavy atom. The lowest BCUT2D eigenvalue weighted by Crippen LogP contribution is -2.05. The molecule has 0 N–H and O–H groups in total. The van der Waals surface area contributed by atoms with Gasteiger partial charge in [-0.05, 0) is 36.8 Å². The molecule has 6 nitrogen and oxygen atoms in total. The number of hydrogen-bond acceptors (Lipinski definition) is 6. The zero-order chi connectivity index (χ0) is 16.9. The van der Waals surface area contributed by atoms with Gasteiger partial charge in [0, 0.05) is 5.56 Å². The molecule has 2 aromatic carbocycles. The van der Waals surface area contributed by atoms with E-state index in [2.05, 4.69) is 10.1 Å². The summed E-state index contributed by atoms with van der Waals surface area (Å²) < 4.78 is 15.4. The molecule has 1 aromatic heterocycles. The van der Waals surface area contributed by atoms with Crippen molar-refractivity contribution in [3.63, 3.8) is 0 Å². The second-order valence-corrected chi connectivity index (χ2v) is 5.13. The summed E-state index contributed by atoms with van der Waals surface area (Å²) in [5, 5.41) is 3.93. The summed E-state index contributed by atoms with van der Waals surface area (Å²) in [6.45, 7) is 1.89. The van der Waals surface area contributed by atoms with Crippen LogP contribution in [0.5, 0.6) is 5.75 Å². The molecule has 0 saturated carbocycles. The summed E-state index contributed by atoms with van der Waals surface area (Å²) in [4.78, 5) is 16.3. The first-order valence-electron chi connectivity index (χ1n) is 7.37. The van der Waals surface area contributed by atoms with Gasteiger partial charge >= 0.3 is 5.97 Å². The van der Waals surface area contributed by atoms with E-state index in [-0.39, 0.29) is 12.5 Å². The number of methoxy groups -OCH3 is 1. The zero-order valence-corrected chi connectivity index (χ0v) is 13.4. The van der Waals surface area contributed by atoms with Crippen molar-refractivity contribution in [2.75, 3.05) is 7.11 Å². The summed E-state index contributed by atoms with van der Waals surface area (Å²) in [7, 11) is 1.56. The molecule has 0 atom stereocenters. The highest BCUT2D eigenvalue weighted by molar-refractivity contribution is 5.89. The highest BCUT2D eigenvalue weighted by atomic mass is 16.6. The molecule has 0 saturated heterocycles. The maximum Gasteiger partial charge on any atom is 0.338 e. The Morgan fingerprint density at radius 1 is 1.12 bits per heavy atom. The Labute approximate surface area is 139 Å². The standard InChI is InChI=1S/C18H16N2O4/c1-12-5-3-4-6-15(12)17-19-16(24-20-17)11-23-18(21)13-7-9-14(22-2)10-8-13/h3-10H,11H2,1-2H3. The van der Waals surface area contributed by atoms with Gasteiger partial charge in [-0.2, -0.15) is 4.98 Å². The summed E-state index contributed by atoms with van der Waals surface area (Å²) >= 11 is 0. The Morgan fingerprint density at radius 2 is 1.88 bits per heavy atom. The molecule has 1 heterocycles. The zero-order valence-electron chi connectivity index (χ0n) is 13.4. The summed E-state index contributed by atoms with van der Waals surface area (Å²) in [6, 6.07) is 14.4. The van der Waals surface area contributed by atoms with E-state index in [0.717, 1.165) is 11.1 Å². The quantitative estimate of drug-likeness (QED) is 0.670. The lowest BCUT2D eigenvalue weighted by Gasteiger charge is -2.03. The monoisotopic (exact) mass is 324 g/mol. The molecule has 0 aliphatic rings. The SMILES string of the molecule is COc1ccc(C(=O)OCc2nc(-c3ccccc3C)no2)cc1. The molecule has 0 radical (unpaired) electrons. The number of aryl methyl sites for hydroxylation is 1. The molecule has 24 heavy (non-hydrogen) atoms. The lowest BCUT2D eigenvalue weighted by atomic mass is 10.1. The van der Waals surface area contributed by atoms with Gasteiger partial charge in [-0.15, -0.1) is 0 Å². The van der Waals surface area contributed by atoms with E-state index >= 15 is 0 Å². The van der Waals surface area contributed by atoms with Crippen LogP contribution in [0.1, 0.15) is 21.8 Å². The minimum absolute atomic E-state index is 0.0796. The van der Waals surface area contributed by atoms with Crippen molar-refractivity contribution >= 4 is 5.97 Å². The van der Waals surface area contributed by atoms with Crippen LogP contribution >= 0.6 is 0 Å². The van der Waals surface area contributed by atoms with Crippen LogP contribution in [0.15, 0.2) is 53.1 Å². The molecule has 0 bridgehead atoms. The number of rotatable bonds is 5. The van der Waals surface area contributed by atoms with Gasteiger partial charge < -0.3 is 14.0 Å². The Balaban J connectivity index is 1.65. The number of aromatic nitrogens is 2. The first-order valence-corrected chi connectivity index (χ1v) is 7.37. The van der Waals surface area contributed by atoms with Crippen LogP contribution in [0.25, 0.3) is 11.4 Å². The highest BCUT2D eigenvalue weighted by Gasteiger charge is 2.13. The minimum Gasteiger partial charge on any atom is -0.497 e. The fourth-order valence-corrected chi connectivity index (χ4v) is 2.18. The third kappa shape index (κ3) is 3.43. The van der Waals surface area contributed by atoms with Gasteiger partial charge in [0.1, 0.15) is 5.75 Å². The van der Waals surface area contributed by atoms with Crippen LogP contribution < -0.4 is 4.74 Å². The third-order valence-corrected chi connectivity index (χ3v) is 3.51. The average molecular weight is 324 g/mol. The molecule has 0 fully saturated rings. The molecular formula is C18H16N2O4. The number of carbonyl (C=O) groups is 1. The minimum atomic E-state index is -0.465. The van der Waals surface area contributed by atoms with E-state index < -0.39 is 5.97 Å². The number of benzene rings is 2. The van der Waals surface area contributed by atoms with Crippen LogP contribution in [-0.2, 0) is 11.3 Å². The van der Waals surface area contributed by atoms with Gasteiger partial charge in [0.15, 0.2) is 6.61 Å². The van der Waals surface area contributed by atoms with Gasteiger partial charge in [-0.3, -0.25) is 0 Å². The third-order valence-electron chi connectivity index (χ3n) is 3.51. The maximum absolute atomic E-state index is 12.0. The fourth-order valence-electron chi connectivity index (χ4n) is 2.18. The fraction of sp³-hybridized carbons (Fsp3) is 0.167. The van der Waals surface area contributed by atoms with E-state index in [1.165, 1.54) is 0 Å². The average Bonchev–Trinajstić information content (AvgIpc) is 3.09.